The number of fused-ring (bicyclic) bond motifs is 13. The Morgan fingerprint density at radius 2 is 1.00 bits per heavy atom. The summed E-state index contributed by atoms with van der Waals surface area (Å²) in [6.45, 7) is 2.27. The van der Waals surface area contributed by atoms with Crippen LogP contribution in [0.5, 0.6) is 0 Å². The van der Waals surface area contributed by atoms with Crippen molar-refractivity contribution in [2.24, 2.45) is 0 Å². The van der Waals surface area contributed by atoms with E-state index in [1.807, 2.05) is 0 Å². The van der Waals surface area contributed by atoms with Crippen LogP contribution in [-0.2, 0) is 5.41 Å². The fraction of sp³-hybridized carbons (Fsp3) is 0.0588. The Morgan fingerprint density at radius 1 is 0.441 bits per heavy atom. The molecule has 0 bridgehead atoms. The number of rotatable bonds is 0. The van der Waals surface area contributed by atoms with Crippen molar-refractivity contribution in [3.8, 4) is 22.3 Å². The van der Waals surface area contributed by atoms with Gasteiger partial charge >= 0.3 is 0 Å². The van der Waals surface area contributed by atoms with Crippen molar-refractivity contribution < 1.29 is 0 Å². The summed E-state index contributed by atoms with van der Waals surface area (Å²) < 4.78 is 0. The summed E-state index contributed by atoms with van der Waals surface area (Å²) in [5, 5.41) is 5.30. The van der Waals surface area contributed by atoms with Gasteiger partial charge in [-0.3, -0.25) is 0 Å². The third kappa shape index (κ3) is 2.01. The van der Waals surface area contributed by atoms with Crippen molar-refractivity contribution in [2.45, 2.75) is 12.3 Å². The molecule has 0 saturated heterocycles. The molecule has 0 aromatic heterocycles. The van der Waals surface area contributed by atoms with Gasteiger partial charge in [-0.1, -0.05) is 103 Å². The molecule has 0 fully saturated rings. The van der Waals surface area contributed by atoms with E-state index in [4.69, 9.17) is 0 Å². The van der Waals surface area contributed by atoms with Gasteiger partial charge in [0.25, 0.3) is 0 Å². The fourth-order valence-electron chi connectivity index (χ4n) is 6.86. The predicted molar refractivity (Wildman–Crippen MR) is 142 cm³/mol. The lowest BCUT2D eigenvalue weighted by atomic mass is 9.70. The van der Waals surface area contributed by atoms with E-state index in [0.29, 0.717) is 0 Å². The first-order chi connectivity index (χ1) is 16.8. The highest BCUT2D eigenvalue weighted by Crippen LogP contribution is 2.64. The number of aryl methyl sites for hydroxylation is 1. The molecule has 0 heteroatoms. The summed E-state index contributed by atoms with van der Waals surface area (Å²) in [6, 6.07) is 43.2. The van der Waals surface area contributed by atoms with Crippen LogP contribution in [0.25, 0.3) is 43.8 Å². The SMILES string of the molecule is Cc1cc2c(c3ccccc13)-c1cc3ccccc3cc1C21c2ccccc2-c2ccccc21. The highest BCUT2D eigenvalue weighted by Gasteiger charge is 2.52. The van der Waals surface area contributed by atoms with Crippen molar-refractivity contribution in [3.05, 3.63) is 143 Å². The highest BCUT2D eigenvalue weighted by molar-refractivity contribution is 6.09. The molecule has 6 aromatic carbocycles. The van der Waals surface area contributed by atoms with Crippen LogP contribution in [0.4, 0.5) is 0 Å². The molecule has 0 heterocycles. The first-order valence-corrected chi connectivity index (χ1v) is 12.0. The Balaban J connectivity index is 1.67. The fourth-order valence-corrected chi connectivity index (χ4v) is 6.86. The minimum absolute atomic E-state index is 0.295. The van der Waals surface area contributed by atoms with Crippen LogP contribution in [0.1, 0.15) is 27.8 Å². The first kappa shape index (κ1) is 18.3. The highest BCUT2D eigenvalue weighted by atomic mass is 14.5. The van der Waals surface area contributed by atoms with Gasteiger partial charge in [0.05, 0.1) is 5.41 Å². The van der Waals surface area contributed by atoms with Crippen LogP contribution in [0, 0.1) is 6.92 Å². The Bertz CT molecular complexity index is 1770. The second-order valence-electron chi connectivity index (χ2n) is 9.75. The van der Waals surface area contributed by atoms with Gasteiger partial charge in [0, 0.05) is 0 Å². The average Bonchev–Trinajstić information content (AvgIpc) is 3.34. The molecule has 0 amide bonds. The minimum atomic E-state index is -0.295. The molecule has 0 radical (unpaired) electrons. The van der Waals surface area contributed by atoms with Gasteiger partial charge in [0.2, 0.25) is 0 Å². The van der Waals surface area contributed by atoms with E-state index in [2.05, 4.69) is 122 Å². The molecule has 0 nitrogen and oxygen atoms in total. The zero-order valence-corrected chi connectivity index (χ0v) is 19.0. The molecule has 2 aliphatic carbocycles. The van der Waals surface area contributed by atoms with Crippen molar-refractivity contribution in [1.29, 1.82) is 0 Å². The summed E-state index contributed by atoms with van der Waals surface area (Å²) in [6.07, 6.45) is 0. The molecule has 0 unspecified atom stereocenters. The molecular weight excluding hydrogens is 408 g/mol. The first-order valence-electron chi connectivity index (χ1n) is 12.0. The average molecular weight is 431 g/mol. The number of benzene rings is 6. The van der Waals surface area contributed by atoms with Gasteiger partial charge in [-0.25, -0.2) is 0 Å². The molecule has 8 rings (SSSR count). The zero-order valence-electron chi connectivity index (χ0n) is 19.0. The molecule has 0 saturated carbocycles. The lowest BCUT2D eigenvalue weighted by Gasteiger charge is -2.31. The lowest BCUT2D eigenvalue weighted by Crippen LogP contribution is -2.26. The normalized spacial score (nSPS) is 14.3. The van der Waals surface area contributed by atoms with Crippen molar-refractivity contribution in [2.75, 3.05) is 0 Å². The van der Waals surface area contributed by atoms with Gasteiger partial charge < -0.3 is 0 Å². The summed E-state index contributed by atoms with van der Waals surface area (Å²) in [5.41, 5.74) is 12.2. The van der Waals surface area contributed by atoms with E-state index >= 15 is 0 Å². The summed E-state index contributed by atoms with van der Waals surface area (Å²) >= 11 is 0. The van der Waals surface area contributed by atoms with Crippen LogP contribution in [0.15, 0.2) is 115 Å². The van der Waals surface area contributed by atoms with Crippen LogP contribution in [0.3, 0.4) is 0 Å². The van der Waals surface area contributed by atoms with E-state index in [0.717, 1.165) is 0 Å². The zero-order chi connectivity index (χ0) is 22.4. The molecule has 158 valence electrons. The molecule has 34 heavy (non-hydrogen) atoms. The van der Waals surface area contributed by atoms with Crippen molar-refractivity contribution >= 4 is 21.5 Å². The molecule has 0 N–H and O–H groups in total. The summed E-state index contributed by atoms with van der Waals surface area (Å²) in [4.78, 5) is 0. The van der Waals surface area contributed by atoms with E-state index < -0.39 is 0 Å². The van der Waals surface area contributed by atoms with Crippen LogP contribution in [0.2, 0.25) is 0 Å². The van der Waals surface area contributed by atoms with E-state index in [1.165, 1.54) is 71.6 Å². The van der Waals surface area contributed by atoms with Gasteiger partial charge in [-0.2, -0.15) is 0 Å². The monoisotopic (exact) mass is 430 g/mol. The largest absolute Gasteiger partial charge is 0.0726 e. The maximum atomic E-state index is 2.47. The van der Waals surface area contributed by atoms with Crippen molar-refractivity contribution in [1.82, 2.24) is 0 Å². The topological polar surface area (TPSA) is 0 Å². The molecule has 2 aliphatic rings. The van der Waals surface area contributed by atoms with E-state index in [-0.39, 0.29) is 5.41 Å². The van der Waals surface area contributed by atoms with Crippen LogP contribution < -0.4 is 0 Å². The van der Waals surface area contributed by atoms with Gasteiger partial charge in [0.15, 0.2) is 0 Å². The maximum Gasteiger partial charge on any atom is 0.0726 e. The lowest BCUT2D eigenvalue weighted by molar-refractivity contribution is 0.794. The standard InChI is InChI=1S/C34H22/c1-21-18-32-33(27-15-5-4-12-24(21)27)28-19-22-10-2-3-11-23(22)20-31(28)34(32)29-16-8-6-13-25(29)26-14-7-9-17-30(26)34/h2-20H,1H3. The second-order valence-corrected chi connectivity index (χ2v) is 9.75. The van der Waals surface area contributed by atoms with Gasteiger partial charge in [-0.15, -0.1) is 0 Å². The number of hydrogen-bond donors (Lipinski definition) is 0. The molecule has 1 spiro atoms. The van der Waals surface area contributed by atoms with Gasteiger partial charge in [-0.05, 0) is 90.7 Å². The van der Waals surface area contributed by atoms with Gasteiger partial charge in [0.1, 0.15) is 0 Å². The number of hydrogen-bond acceptors (Lipinski definition) is 0. The smallest absolute Gasteiger partial charge is 0.0619 e. The summed E-state index contributed by atoms with van der Waals surface area (Å²) in [7, 11) is 0. The van der Waals surface area contributed by atoms with Crippen LogP contribution >= 0.6 is 0 Å². The Morgan fingerprint density at radius 3 is 1.71 bits per heavy atom. The van der Waals surface area contributed by atoms with E-state index in [9.17, 15) is 0 Å². The predicted octanol–water partition coefficient (Wildman–Crippen LogP) is 8.64. The second kappa shape index (κ2) is 6.24. The van der Waals surface area contributed by atoms with E-state index in [1.54, 1.807) is 0 Å². The Kier molecular flexibility index (Phi) is 3.36. The van der Waals surface area contributed by atoms with Crippen LogP contribution in [-0.4, -0.2) is 0 Å². The molecule has 0 atom stereocenters. The third-order valence-electron chi connectivity index (χ3n) is 8.17. The molecule has 0 aliphatic heterocycles. The Hall–Kier alpha value is -4.16. The summed E-state index contributed by atoms with van der Waals surface area (Å²) in [5.74, 6) is 0. The third-order valence-corrected chi connectivity index (χ3v) is 8.17. The maximum absolute atomic E-state index is 2.47. The Labute approximate surface area is 199 Å². The minimum Gasteiger partial charge on any atom is -0.0619 e. The molecular formula is C34H22. The van der Waals surface area contributed by atoms with Crippen molar-refractivity contribution in [3.63, 3.8) is 0 Å². The quantitative estimate of drug-likeness (QED) is 0.226. The molecule has 6 aromatic rings.